The average molecular weight is 267 g/mol. The van der Waals surface area contributed by atoms with Gasteiger partial charge in [-0.15, -0.1) is 0 Å². The molecule has 0 unspecified atom stereocenters. The molecule has 0 aromatic heterocycles. The van der Waals surface area contributed by atoms with Crippen molar-refractivity contribution in [2.24, 2.45) is 0 Å². The van der Waals surface area contributed by atoms with Crippen LogP contribution in [0, 0.1) is 0 Å². The summed E-state index contributed by atoms with van der Waals surface area (Å²) < 4.78 is 76.4. The molecule has 0 rings (SSSR count). The Labute approximate surface area is 127 Å². The standard InChI is InChI=1S/C5H14NO4P.Ca.ClH/c1-6(2,3)4-5-10-11(7,8)9;;/h4-5H2,1-3H3,(H-,7,8,9);;1H/q;+2;/p-2/i1D3,2D3,3D3;;. The summed E-state index contributed by atoms with van der Waals surface area (Å²) in [6.45, 7) is -12.9. The topological polar surface area (TPSA) is 72.4 Å². The Balaban J connectivity index is -0.00000180. The van der Waals surface area contributed by atoms with Crippen LogP contribution in [-0.2, 0) is 9.09 Å². The third kappa shape index (κ3) is 19.9. The van der Waals surface area contributed by atoms with Gasteiger partial charge in [0.05, 0.1) is 41.1 Å². The fourth-order valence-corrected chi connectivity index (χ4v) is 0.595. The van der Waals surface area contributed by atoms with Gasteiger partial charge in [0, 0.05) is 0 Å². The average Bonchev–Trinajstić information content (AvgIpc) is 2.03. The maximum Gasteiger partial charge on any atom is 2.00 e. The molecule has 0 aromatic carbocycles. The quantitative estimate of drug-likeness (QED) is 0.291. The van der Waals surface area contributed by atoms with Crippen molar-refractivity contribution in [3.63, 3.8) is 0 Å². The van der Waals surface area contributed by atoms with Crippen molar-refractivity contribution < 1.29 is 48.1 Å². The van der Waals surface area contributed by atoms with Crippen molar-refractivity contribution >= 4 is 45.6 Å². The zero-order valence-corrected chi connectivity index (χ0v) is 10.4. The summed E-state index contributed by atoms with van der Waals surface area (Å²) in [4.78, 5) is 20.6. The van der Waals surface area contributed by atoms with Crippen molar-refractivity contribution in [1.82, 2.24) is 0 Å². The van der Waals surface area contributed by atoms with Gasteiger partial charge >= 0.3 is 37.7 Å². The molecule has 0 N–H and O–H groups in total. The number of rotatable bonds is 4. The summed E-state index contributed by atoms with van der Waals surface area (Å²) in [6.07, 6.45) is 0. The SMILES string of the molecule is [2H]C([2H])([2H])[N+](CCOP(=O)([O-])[O-])(C([2H])([2H])[2H])C([2H])([2H])[2H].[Ca+2].[Cl-]. The summed E-state index contributed by atoms with van der Waals surface area (Å²) in [5.74, 6) is 0. The molecule has 5 nitrogen and oxygen atoms in total. The first-order chi connectivity index (χ1) is 8.46. The second-order valence-electron chi connectivity index (χ2n) is 1.81. The summed E-state index contributed by atoms with van der Waals surface area (Å²) in [5, 5.41) is 0. The number of quaternary nitrogens is 1. The van der Waals surface area contributed by atoms with E-state index >= 15 is 0 Å². The summed E-state index contributed by atoms with van der Waals surface area (Å²) in [6, 6.07) is 0. The molecule has 0 heterocycles. The summed E-state index contributed by atoms with van der Waals surface area (Å²) in [7, 11) is -5.47. The molecular weight excluding hydrogens is 245 g/mol. The molecule has 76 valence electrons. The van der Waals surface area contributed by atoms with Crippen LogP contribution < -0.4 is 22.2 Å². The second-order valence-corrected chi connectivity index (χ2v) is 2.97. The number of phosphoric acid groups is 1. The Hall–Kier alpha value is 1.62. The molecule has 8 heteroatoms. The summed E-state index contributed by atoms with van der Waals surface area (Å²) >= 11 is 0. The van der Waals surface area contributed by atoms with Gasteiger partial charge in [0.1, 0.15) is 13.2 Å². The first-order valence-electron chi connectivity index (χ1n) is 7.01. The van der Waals surface area contributed by atoms with E-state index < -0.39 is 46.4 Å². The number of phosphoric ester groups is 1. The van der Waals surface area contributed by atoms with Gasteiger partial charge in [-0.3, -0.25) is 0 Å². The molecule has 0 bridgehead atoms. The third-order valence-electron chi connectivity index (χ3n) is 0.676. The van der Waals surface area contributed by atoms with Crippen molar-refractivity contribution in [1.29, 1.82) is 0 Å². The molecule has 0 aliphatic rings. The van der Waals surface area contributed by atoms with E-state index in [2.05, 4.69) is 4.52 Å². The molecule has 0 saturated carbocycles. The Bertz CT molecular complexity index is 357. The van der Waals surface area contributed by atoms with E-state index in [9.17, 15) is 14.4 Å². The Kier molecular flexibility index (Phi) is 3.85. The molecule has 13 heavy (non-hydrogen) atoms. The Morgan fingerprint density at radius 2 is 1.92 bits per heavy atom. The van der Waals surface area contributed by atoms with Gasteiger partial charge in [0.2, 0.25) is 0 Å². The molecule has 0 aliphatic carbocycles. The van der Waals surface area contributed by atoms with E-state index in [0.717, 1.165) is 0 Å². The zero-order chi connectivity index (χ0) is 16.6. The minimum atomic E-state index is -5.47. The third-order valence-corrected chi connectivity index (χ3v) is 1.17. The van der Waals surface area contributed by atoms with Gasteiger partial charge in [0.15, 0.2) is 0 Å². The van der Waals surface area contributed by atoms with E-state index in [0.29, 0.717) is 0 Å². The van der Waals surface area contributed by atoms with E-state index in [-0.39, 0.29) is 50.1 Å². The van der Waals surface area contributed by atoms with Crippen LogP contribution in [0.25, 0.3) is 0 Å². The van der Waals surface area contributed by atoms with Crippen molar-refractivity contribution in [2.75, 3.05) is 34.1 Å². The molecule has 0 spiro atoms. The number of hydrogen-bond acceptors (Lipinski definition) is 4. The largest absolute Gasteiger partial charge is 2.00 e. The molecule has 0 atom stereocenters. The molecule has 0 amide bonds. The van der Waals surface area contributed by atoms with Crippen LogP contribution in [0.2, 0.25) is 0 Å². The smallest absolute Gasteiger partial charge is 1.00 e. The van der Waals surface area contributed by atoms with Crippen LogP contribution in [0.5, 0.6) is 0 Å². The maximum absolute atomic E-state index is 10.3. The monoisotopic (exact) mass is 266 g/mol. The Morgan fingerprint density at radius 1 is 1.46 bits per heavy atom. The van der Waals surface area contributed by atoms with E-state index in [4.69, 9.17) is 12.3 Å². The Morgan fingerprint density at radius 3 is 2.23 bits per heavy atom. The molecule has 0 saturated heterocycles. The van der Waals surface area contributed by atoms with E-state index in [1.165, 1.54) is 0 Å². The first kappa shape index (κ1) is 6.38. The normalized spacial score (nSPS) is 24.6. The number of hydrogen-bond donors (Lipinski definition) is 0. The molecule has 0 radical (unpaired) electrons. The van der Waals surface area contributed by atoms with Gasteiger partial charge in [-0.2, -0.15) is 0 Å². The molecule has 0 aliphatic heterocycles. The second kappa shape index (κ2) is 7.85. The minimum absolute atomic E-state index is 0. The van der Waals surface area contributed by atoms with Gasteiger partial charge in [0.25, 0.3) is 0 Å². The van der Waals surface area contributed by atoms with Crippen LogP contribution in [0.3, 0.4) is 0 Å². The fourth-order valence-electron chi connectivity index (χ4n) is 0.290. The van der Waals surface area contributed by atoms with Crippen molar-refractivity contribution in [2.45, 2.75) is 0 Å². The van der Waals surface area contributed by atoms with E-state index in [1.807, 2.05) is 0 Å². The van der Waals surface area contributed by atoms with Crippen molar-refractivity contribution in [3.05, 3.63) is 0 Å². The van der Waals surface area contributed by atoms with E-state index in [1.54, 1.807) is 0 Å². The van der Waals surface area contributed by atoms with Crippen LogP contribution in [0.4, 0.5) is 0 Å². The summed E-state index contributed by atoms with van der Waals surface area (Å²) in [5.41, 5.74) is 0. The van der Waals surface area contributed by atoms with Gasteiger partial charge in [-0.05, 0) is 0 Å². The van der Waals surface area contributed by atoms with Gasteiger partial charge in [-0.1, -0.05) is 0 Å². The number of likely N-dealkylation sites (N-methyl/N-ethyl adjacent to an activating group) is 1. The predicted octanol–water partition coefficient (Wildman–Crippen LogP) is -4.84. The molecule has 0 fully saturated rings. The molecular formula is C5H13CaClNO4P. The van der Waals surface area contributed by atoms with Crippen molar-refractivity contribution in [3.8, 4) is 0 Å². The van der Waals surface area contributed by atoms with Crippen LogP contribution in [0.1, 0.15) is 12.3 Å². The first-order valence-corrected chi connectivity index (χ1v) is 3.97. The molecule has 0 aromatic rings. The predicted molar refractivity (Wildman–Crippen MR) is 42.2 cm³/mol. The maximum atomic E-state index is 10.3. The zero-order valence-electron chi connectivity index (χ0n) is 15.5. The number of nitrogens with zero attached hydrogens (tertiary/aromatic N) is 1. The van der Waals surface area contributed by atoms with Crippen LogP contribution in [-0.4, -0.2) is 76.3 Å². The number of halogens is 1. The van der Waals surface area contributed by atoms with Gasteiger partial charge < -0.3 is 35.8 Å². The van der Waals surface area contributed by atoms with Crippen LogP contribution in [0.15, 0.2) is 0 Å². The van der Waals surface area contributed by atoms with Crippen LogP contribution >= 0.6 is 7.82 Å². The van der Waals surface area contributed by atoms with Gasteiger partial charge in [-0.25, -0.2) is 0 Å². The fraction of sp³-hybridized carbons (Fsp3) is 1.00. The minimum Gasteiger partial charge on any atom is -1.00 e.